The quantitative estimate of drug-likeness (QED) is 0.691. The van der Waals surface area contributed by atoms with Gasteiger partial charge in [0.1, 0.15) is 5.69 Å². The lowest BCUT2D eigenvalue weighted by Gasteiger charge is -2.21. The maximum absolute atomic E-state index is 12.4. The summed E-state index contributed by atoms with van der Waals surface area (Å²) in [6.07, 6.45) is 6.23. The van der Waals surface area contributed by atoms with Crippen LogP contribution in [0.15, 0.2) is 48.7 Å². The summed E-state index contributed by atoms with van der Waals surface area (Å²) in [5.74, 6) is -0.197. The van der Waals surface area contributed by atoms with Crippen LogP contribution in [0.2, 0.25) is 0 Å². The van der Waals surface area contributed by atoms with Crippen molar-refractivity contribution in [3.63, 3.8) is 0 Å². The summed E-state index contributed by atoms with van der Waals surface area (Å²) in [5.41, 5.74) is 1.54. The number of rotatable bonds is 7. The lowest BCUT2D eigenvalue weighted by molar-refractivity contribution is -0.125. The number of hydrogen-bond acceptors (Lipinski definition) is 4. The Morgan fingerprint density at radius 2 is 2.11 bits per heavy atom. The average Bonchev–Trinajstić information content (AvgIpc) is 3.33. The summed E-state index contributed by atoms with van der Waals surface area (Å²) < 4.78 is 0. The number of carbonyl (C=O) groups excluding carboxylic acids is 2. The van der Waals surface area contributed by atoms with Crippen LogP contribution in [0.3, 0.4) is 0 Å². The Bertz CT molecular complexity index is 773. The standard InChI is InChI=1S/C20H25N5O2/c1-2-21-20(27)18-13-16(23-19(26)17-10-11-22-24-17)14-25(18)12-6-9-15-7-4-3-5-8-15/h3-11,16,18H,2,12-14H2,1H3,(H,21,27)(H,22,24)(H,23,26)/b9-6+/t16-,18-/m0/s1. The smallest absolute Gasteiger partial charge is 0.269 e. The van der Waals surface area contributed by atoms with Crippen molar-refractivity contribution in [2.75, 3.05) is 19.6 Å². The molecule has 2 heterocycles. The van der Waals surface area contributed by atoms with Gasteiger partial charge in [0.2, 0.25) is 5.91 Å². The van der Waals surface area contributed by atoms with Crippen molar-refractivity contribution < 1.29 is 9.59 Å². The number of nitrogens with one attached hydrogen (secondary N) is 3. The first-order chi connectivity index (χ1) is 13.2. The Labute approximate surface area is 158 Å². The van der Waals surface area contributed by atoms with Crippen LogP contribution < -0.4 is 10.6 Å². The molecule has 0 radical (unpaired) electrons. The molecule has 3 N–H and O–H groups in total. The number of benzene rings is 1. The summed E-state index contributed by atoms with van der Waals surface area (Å²) in [5, 5.41) is 12.3. The van der Waals surface area contributed by atoms with Crippen molar-refractivity contribution in [1.82, 2.24) is 25.7 Å². The zero-order valence-electron chi connectivity index (χ0n) is 15.4. The van der Waals surface area contributed by atoms with Crippen molar-refractivity contribution in [1.29, 1.82) is 0 Å². The topological polar surface area (TPSA) is 90.1 Å². The lowest BCUT2D eigenvalue weighted by Crippen LogP contribution is -2.43. The molecule has 27 heavy (non-hydrogen) atoms. The van der Waals surface area contributed by atoms with E-state index in [9.17, 15) is 9.59 Å². The van der Waals surface area contributed by atoms with E-state index in [0.717, 1.165) is 5.56 Å². The van der Waals surface area contributed by atoms with E-state index in [2.05, 4.69) is 31.8 Å². The molecular weight excluding hydrogens is 342 g/mol. The summed E-state index contributed by atoms with van der Waals surface area (Å²) in [6.45, 7) is 3.77. The van der Waals surface area contributed by atoms with E-state index in [1.54, 1.807) is 12.3 Å². The molecule has 2 aromatic rings. The van der Waals surface area contributed by atoms with E-state index < -0.39 is 0 Å². The highest BCUT2D eigenvalue weighted by atomic mass is 16.2. The highest BCUT2D eigenvalue weighted by Crippen LogP contribution is 2.19. The van der Waals surface area contributed by atoms with Gasteiger partial charge in [0.05, 0.1) is 6.04 Å². The number of H-pyrrole nitrogens is 1. The largest absolute Gasteiger partial charge is 0.355 e. The van der Waals surface area contributed by atoms with Crippen molar-refractivity contribution in [3.8, 4) is 0 Å². The van der Waals surface area contributed by atoms with Crippen molar-refractivity contribution in [2.24, 2.45) is 0 Å². The normalized spacial score (nSPS) is 20.0. The number of hydrogen-bond donors (Lipinski definition) is 3. The minimum atomic E-state index is -0.252. The van der Waals surface area contributed by atoms with Crippen LogP contribution in [-0.4, -0.2) is 58.6 Å². The third-order valence-electron chi connectivity index (χ3n) is 4.59. The second-order valence-electron chi connectivity index (χ2n) is 6.55. The third-order valence-corrected chi connectivity index (χ3v) is 4.59. The van der Waals surface area contributed by atoms with Crippen LogP contribution in [0.1, 0.15) is 29.4 Å². The molecule has 7 nitrogen and oxygen atoms in total. The summed E-state index contributed by atoms with van der Waals surface area (Å²) in [6, 6.07) is 11.3. The minimum Gasteiger partial charge on any atom is -0.355 e. The molecule has 0 bridgehead atoms. The fourth-order valence-corrected chi connectivity index (χ4v) is 3.31. The van der Waals surface area contributed by atoms with Crippen LogP contribution in [0.5, 0.6) is 0 Å². The molecule has 2 atom stereocenters. The van der Waals surface area contributed by atoms with Crippen molar-refractivity contribution >= 4 is 17.9 Å². The van der Waals surface area contributed by atoms with Gasteiger partial charge in [0, 0.05) is 31.9 Å². The summed E-state index contributed by atoms with van der Waals surface area (Å²) >= 11 is 0. The molecule has 2 amide bonds. The first-order valence-corrected chi connectivity index (χ1v) is 9.21. The van der Waals surface area contributed by atoms with Crippen molar-refractivity contribution in [3.05, 3.63) is 59.9 Å². The van der Waals surface area contributed by atoms with E-state index in [0.29, 0.717) is 31.7 Å². The van der Waals surface area contributed by atoms with Crippen LogP contribution in [0.4, 0.5) is 0 Å². The van der Waals surface area contributed by atoms with E-state index in [4.69, 9.17) is 0 Å². The lowest BCUT2D eigenvalue weighted by atomic mass is 10.1. The minimum absolute atomic E-state index is 0.00361. The molecule has 142 valence electrons. The van der Waals surface area contributed by atoms with Gasteiger partial charge in [-0.25, -0.2) is 0 Å². The van der Waals surface area contributed by atoms with Gasteiger partial charge < -0.3 is 10.6 Å². The summed E-state index contributed by atoms with van der Waals surface area (Å²) in [4.78, 5) is 26.8. The van der Waals surface area contributed by atoms with Gasteiger partial charge in [-0.1, -0.05) is 42.5 Å². The molecule has 0 unspecified atom stereocenters. The summed E-state index contributed by atoms with van der Waals surface area (Å²) in [7, 11) is 0. The van der Waals surface area contributed by atoms with Crippen molar-refractivity contribution in [2.45, 2.75) is 25.4 Å². The van der Waals surface area contributed by atoms with Gasteiger partial charge in [0.25, 0.3) is 5.91 Å². The van der Waals surface area contributed by atoms with Crippen LogP contribution in [0, 0.1) is 0 Å². The Morgan fingerprint density at radius 1 is 1.30 bits per heavy atom. The Hall–Kier alpha value is -2.93. The number of aromatic amines is 1. The molecule has 1 saturated heterocycles. The molecule has 0 saturated carbocycles. The first kappa shape index (κ1) is 18.8. The molecule has 0 aliphatic carbocycles. The van der Waals surface area contributed by atoms with Crippen LogP contribution in [0.25, 0.3) is 6.08 Å². The first-order valence-electron chi connectivity index (χ1n) is 9.21. The van der Waals surface area contributed by atoms with Gasteiger partial charge in [-0.15, -0.1) is 0 Å². The van der Waals surface area contributed by atoms with E-state index >= 15 is 0 Å². The number of nitrogens with zero attached hydrogens (tertiary/aromatic N) is 2. The number of likely N-dealkylation sites (tertiary alicyclic amines) is 1. The highest BCUT2D eigenvalue weighted by molar-refractivity contribution is 5.92. The second-order valence-corrected chi connectivity index (χ2v) is 6.55. The fourth-order valence-electron chi connectivity index (χ4n) is 3.31. The Kier molecular flexibility index (Phi) is 6.38. The highest BCUT2D eigenvalue weighted by Gasteiger charge is 2.36. The average molecular weight is 367 g/mol. The molecule has 0 spiro atoms. The van der Waals surface area contributed by atoms with Gasteiger partial charge in [-0.05, 0) is 25.0 Å². The molecule has 1 aliphatic heterocycles. The Balaban J connectivity index is 1.63. The number of carbonyl (C=O) groups is 2. The fraction of sp³-hybridized carbons (Fsp3) is 0.350. The molecule has 1 aliphatic rings. The molecular formula is C20H25N5O2. The van der Waals surface area contributed by atoms with Gasteiger partial charge in [-0.3, -0.25) is 19.6 Å². The van der Waals surface area contributed by atoms with E-state index in [1.807, 2.05) is 43.3 Å². The maximum atomic E-state index is 12.4. The maximum Gasteiger partial charge on any atom is 0.269 e. The van der Waals surface area contributed by atoms with Crippen LogP contribution in [-0.2, 0) is 4.79 Å². The Morgan fingerprint density at radius 3 is 2.81 bits per heavy atom. The predicted octanol–water partition coefficient (Wildman–Crippen LogP) is 1.43. The zero-order valence-corrected chi connectivity index (χ0v) is 15.4. The molecule has 1 aromatic heterocycles. The van der Waals surface area contributed by atoms with Crippen LogP contribution >= 0.6 is 0 Å². The molecule has 1 aromatic carbocycles. The number of likely N-dealkylation sites (N-methyl/N-ethyl adjacent to an activating group) is 1. The number of amides is 2. The second kappa shape index (κ2) is 9.14. The zero-order chi connectivity index (χ0) is 19.1. The van der Waals surface area contributed by atoms with E-state index in [-0.39, 0.29) is 23.9 Å². The van der Waals surface area contributed by atoms with E-state index in [1.165, 1.54) is 0 Å². The number of aromatic nitrogens is 2. The monoisotopic (exact) mass is 367 g/mol. The van der Waals surface area contributed by atoms with Gasteiger partial charge >= 0.3 is 0 Å². The third kappa shape index (κ3) is 5.04. The van der Waals surface area contributed by atoms with Gasteiger partial charge in [-0.2, -0.15) is 5.10 Å². The predicted molar refractivity (Wildman–Crippen MR) is 104 cm³/mol. The molecule has 3 rings (SSSR count). The molecule has 7 heteroatoms. The molecule has 1 fully saturated rings. The van der Waals surface area contributed by atoms with Gasteiger partial charge in [0.15, 0.2) is 0 Å². The SMILES string of the molecule is CCNC(=O)[C@@H]1C[C@H](NC(=O)c2ccn[nH]2)CN1C/C=C/c1ccccc1.